The molecular weight excluding hydrogens is 272 g/mol. The minimum Gasteiger partial charge on any atom is -0.330 e. The predicted molar refractivity (Wildman–Crippen MR) is 71.2 cm³/mol. The van der Waals surface area contributed by atoms with E-state index in [2.05, 4.69) is 46.5 Å². The largest absolute Gasteiger partial charge is 0.330 e. The molecule has 15 heavy (non-hydrogen) atoms. The van der Waals surface area contributed by atoms with Crippen molar-refractivity contribution in [3.05, 3.63) is 20.8 Å². The monoisotopic (exact) mass is 290 g/mol. The molecule has 0 fully saturated rings. The predicted octanol–water partition coefficient (Wildman–Crippen LogP) is 2.98. The van der Waals surface area contributed by atoms with Crippen LogP contribution in [-0.4, -0.2) is 13.1 Å². The van der Waals surface area contributed by atoms with E-state index in [0.717, 1.165) is 26.1 Å². The topological polar surface area (TPSA) is 38.0 Å². The number of nitrogens with two attached hydrogens (primary N) is 1. The van der Waals surface area contributed by atoms with E-state index < -0.39 is 0 Å². The molecule has 0 unspecified atom stereocenters. The standard InChI is InChI=1S/C11H19BrN2S/c1-11(2,3-4-13)8-14-6-10-5-9(12)7-15-10/h5,7,14H,3-4,6,8,13H2,1-2H3. The van der Waals surface area contributed by atoms with E-state index in [1.807, 2.05) is 0 Å². The average Bonchev–Trinajstić information content (AvgIpc) is 2.51. The third kappa shape index (κ3) is 5.11. The highest BCUT2D eigenvalue weighted by Gasteiger charge is 2.15. The van der Waals surface area contributed by atoms with Gasteiger partial charge in [-0.1, -0.05) is 13.8 Å². The molecule has 0 spiro atoms. The summed E-state index contributed by atoms with van der Waals surface area (Å²) in [6.45, 7) is 7.22. The summed E-state index contributed by atoms with van der Waals surface area (Å²) in [5.41, 5.74) is 5.86. The van der Waals surface area contributed by atoms with Crippen LogP contribution in [0.2, 0.25) is 0 Å². The lowest BCUT2D eigenvalue weighted by atomic mass is 9.89. The summed E-state index contributed by atoms with van der Waals surface area (Å²) in [5.74, 6) is 0. The zero-order valence-corrected chi connectivity index (χ0v) is 11.7. The van der Waals surface area contributed by atoms with E-state index in [0.29, 0.717) is 5.41 Å². The van der Waals surface area contributed by atoms with Gasteiger partial charge in [0.2, 0.25) is 0 Å². The van der Waals surface area contributed by atoms with Gasteiger partial charge in [-0.15, -0.1) is 11.3 Å². The number of rotatable bonds is 6. The Morgan fingerprint density at radius 2 is 2.27 bits per heavy atom. The van der Waals surface area contributed by atoms with E-state index >= 15 is 0 Å². The Morgan fingerprint density at radius 1 is 1.53 bits per heavy atom. The molecule has 0 radical (unpaired) electrons. The van der Waals surface area contributed by atoms with E-state index in [9.17, 15) is 0 Å². The molecule has 0 amide bonds. The summed E-state index contributed by atoms with van der Waals surface area (Å²) in [7, 11) is 0. The van der Waals surface area contributed by atoms with Crippen LogP contribution in [0, 0.1) is 5.41 Å². The SMILES string of the molecule is CC(C)(CCN)CNCc1cc(Br)cs1. The molecule has 1 aromatic heterocycles. The smallest absolute Gasteiger partial charge is 0.0300 e. The molecule has 0 aliphatic rings. The second-order valence-corrected chi connectivity index (χ2v) is 6.45. The number of nitrogens with one attached hydrogen (secondary N) is 1. The Hall–Kier alpha value is 0.1000. The van der Waals surface area contributed by atoms with Crippen molar-refractivity contribution in [2.24, 2.45) is 11.1 Å². The Balaban J connectivity index is 2.27. The average molecular weight is 291 g/mol. The van der Waals surface area contributed by atoms with Crippen molar-refractivity contribution in [2.75, 3.05) is 13.1 Å². The quantitative estimate of drug-likeness (QED) is 0.845. The van der Waals surface area contributed by atoms with Crippen LogP contribution in [0.25, 0.3) is 0 Å². The van der Waals surface area contributed by atoms with Crippen LogP contribution in [0.5, 0.6) is 0 Å². The van der Waals surface area contributed by atoms with Gasteiger partial charge in [0.25, 0.3) is 0 Å². The molecule has 2 nitrogen and oxygen atoms in total. The molecule has 0 aromatic carbocycles. The number of hydrogen-bond acceptors (Lipinski definition) is 3. The van der Waals surface area contributed by atoms with Gasteiger partial charge in [-0.2, -0.15) is 0 Å². The summed E-state index contributed by atoms with van der Waals surface area (Å²) < 4.78 is 1.17. The van der Waals surface area contributed by atoms with Crippen LogP contribution in [0.15, 0.2) is 15.9 Å². The van der Waals surface area contributed by atoms with Gasteiger partial charge in [0.1, 0.15) is 0 Å². The second kappa shape index (κ2) is 5.99. The van der Waals surface area contributed by atoms with E-state index in [1.54, 1.807) is 11.3 Å². The second-order valence-electron chi connectivity index (χ2n) is 4.54. The van der Waals surface area contributed by atoms with Gasteiger partial charge in [-0.05, 0) is 40.4 Å². The van der Waals surface area contributed by atoms with Crippen molar-refractivity contribution in [3.63, 3.8) is 0 Å². The maximum atomic E-state index is 5.57. The van der Waals surface area contributed by atoms with Crippen LogP contribution < -0.4 is 11.1 Å². The number of thiophene rings is 1. The zero-order chi connectivity index (χ0) is 11.3. The minimum absolute atomic E-state index is 0.295. The van der Waals surface area contributed by atoms with E-state index in [1.165, 1.54) is 9.35 Å². The summed E-state index contributed by atoms with van der Waals surface area (Å²) in [6, 6.07) is 2.16. The molecule has 1 heterocycles. The van der Waals surface area contributed by atoms with E-state index in [-0.39, 0.29) is 0 Å². The van der Waals surface area contributed by atoms with Gasteiger partial charge < -0.3 is 11.1 Å². The van der Waals surface area contributed by atoms with Crippen molar-refractivity contribution < 1.29 is 0 Å². The first-order chi connectivity index (χ1) is 7.03. The van der Waals surface area contributed by atoms with Crippen molar-refractivity contribution >= 4 is 27.3 Å². The van der Waals surface area contributed by atoms with Crippen molar-refractivity contribution in [1.29, 1.82) is 0 Å². The first kappa shape index (κ1) is 13.2. The highest BCUT2D eigenvalue weighted by molar-refractivity contribution is 9.10. The summed E-state index contributed by atoms with van der Waals surface area (Å²) >= 11 is 5.23. The van der Waals surface area contributed by atoms with Gasteiger partial charge in [0.05, 0.1) is 0 Å². The van der Waals surface area contributed by atoms with Gasteiger partial charge in [0, 0.05) is 27.8 Å². The Kier molecular flexibility index (Phi) is 5.26. The fourth-order valence-electron chi connectivity index (χ4n) is 1.45. The highest BCUT2D eigenvalue weighted by Crippen LogP contribution is 2.21. The number of halogens is 1. The van der Waals surface area contributed by atoms with Gasteiger partial charge in [0.15, 0.2) is 0 Å². The first-order valence-electron chi connectivity index (χ1n) is 5.17. The highest BCUT2D eigenvalue weighted by atomic mass is 79.9. The van der Waals surface area contributed by atoms with Crippen LogP contribution >= 0.6 is 27.3 Å². The molecule has 0 atom stereocenters. The molecule has 0 saturated carbocycles. The molecule has 1 aromatic rings. The summed E-state index contributed by atoms with van der Waals surface area (Å²) in [5, 5.41) is 5.59. The Bertz CT molecular complexity index is 297. The molecule has 3 N–H and O–H groups in total. The number of hydrogen-bond donors (Lipinski definition) is 2. The molecule has 0 aliphatic heterocycles. The molecule has 1 rings (SSSR count). The fraction of sp³-hybridized carbons (Fsp3) is 0.636. The van der Waals surface area contributed by atoms with Crippen LogP contribution in [-0.2, 0) is 6.54 Å². The minimum atomic E-state index is 0.295. The lowest BCUT2D eigenvalue weighted by Gasteiger charge is -2.24. The normalized spacial score (nSPS) is 12.0. The van der Waals surface area contributed by atoms with Crippen molar-refractivity contribution in [3.8, 4) is 0 Å². The summed E-state index contributed by atoms with van der Waals surface area (Å²) in [4.78, 5) is 1.37. The van der Waals surface area contributed by atoms with Gasteiger partial charge >= 0.3 is 0 Å². The fourth-order valence-corrected chi connectivity index (χ4v) is 2.87. The van der Waals surface area contributed by atoms with Crippen LogP contribution in [0.3, 0.4) is 0 Å². The van der Waals surface area contributed by atoms with Crippen molar-refractivity contribution in [2.45, 2.75) is 26.8 Å². The maximum Gasteiger partial charge on any atom is 0.0300 e. The molecular formula is C11H19BrN2S. The Labute approximate surface area is 104 Å². The summed E-state index contributed by atoms with van der Waals surface area (Å²) in [6.07, 6.45) is 1.06. The maximum absolute atomic E-state index is 5.57. The van der Waals surface area contributed by atoms with Crippen LogP contribution in [0.4, 0.5) is 0 Å². The molecule has 4 heteroatoms. The van der Waals surface area contributed by atoms with Gasteiger partial charge in [-0.3, -0.25) is 0 Å². The van der Waals surface area contributed by atoms with Gasteiger partial charge in [-0.25, -0.2) is 0 Å². The zero-order valence-electron chi connectivity index (χ0n) is 9.35. The third-order valence-electron chi connectivity index (χ3n) is 2.35. The molecule has 0 bridgehead atoms. The van der Waals surface area contributed by atoms with E-state index in [4.69, 9.17) is 5.73 Å². The molecule has 0 saturated heterocycles. The first-order valence-corrected chi connectivity index (χ1v) is 6.84. The molecule has 86 valence electrons. The Morgan fingerprint density at radius 3 is 2.80 bits per heavy atom. The van der Waals surface area contributed by atoms with Crippen molar-refractivity contribution in [1.82, 2.24) is 5.32 Å². The molecule has 0 aliphatic carbocycles. The third-order valence-corrected chi connectivity index (χ3v) is 4.04. The lowest BCUT2D eigenvalue weighted by Crippen LogP contribution is -2.30. The van der Waals surface area contributed by atoms with Crippen LogP contribution in [0.1, 0.15) is 25.1 Å². The lowest BCUT2D eigenvalue weighted by molar-refractivity contribution is 0.319.